The fraction of sp³-hybridized carbons (Fsp3) is 0.333. The van der Waals surface area contributed by atoms with Crippen LogP contribution in [-0.4, -0.2) is 30.1 Å². The first-order valence-electron chi connectivity index (χ1n) is 6.39. The van der Waals surface area contributed by atoms with Crippen LogP contribution in [0.3, 0.4) is 0 Å². The van der Waals surface area contributed by atoms with Crippen LogP contribution < -0.4 is 16.2 Å². The third-order valence-corrected chi connectivity index (χ3v) is 4.10. The van der Waals surface area contributed by atoms with E-state index in [1.807, 2.05) is 0 Å². The highest BCUT2D eigenvalue weighted by Gasteiger charge is 2.15. The monoisotopic (exact) mass is 310 g/mol. The van der Waals surface area contributed by atoms with E-state index in [-0.39, 0.29) is 4.90 Å². The number of aryl methyl sites for hydroxylation is 1. The second-order valence-corrected chi connectivity index (χ2v) is 6.23. The summed E-state index contributed by atoms with van der Waals surface area (Å²) in [5.74, 6) is 0.811. The first-order valence-corrected chi connectivity index (χ1v) is 7.93. The van der Waals surface area contributed by atoms with Gasteiger partial charge in [-0.25, -0.2) is 18.5 Å². The second-order valence-electron chi connectivity index (χ2n) is 4.70. The van der Waals surface area contributed by atoms with Crippen molar-refractivity contribution in [3.63, 3.8) is 0 Å². The van der Waals surface area contributed by atoms with Crippen LogP contribution in [0.5, 0.6) is 0 Å². The number of benzene rings is 1. The van der Waals surface area contributed by atoms with E-state index in [2.05, 4.69) is 20.5 Å². The Morgan fingerprint density at radius 3 is 2.76 bits per heavy atom. The number of rotatable bonds is 6. The van der Waals surface area contributed by atoms with Crippen molar-refractivity contribution < 1.29 is 8.42 Å². The highest BCUT2D eigenvalue weighted by atomic mass is 32.2. The van der Waals surface area contributed by atoms with Crippen LogP contribution in [-0.2, 0) is 16.4 Å². The van der Waals surface area contributed by atoms with Gasteiger partial charge in [-0.3, -0.25) is 5.10 Å². The number of hydrogen-bond donors (Lipinski definition) is 4. The Morgan fingerprint density at radius 1 is 1.38 bits per heavy atom. The summed E-state index contributed by atoms with van der Waals surface area (Å²) in [5.41, 5.74) is 7.30. The van der Waals surface area contributed by atoms with Crippen molar-refractivity contribution in [3.05, 3.63) is 29.8 Å². The van der Waals surface area contributed by atoms with Crippen LogP contribution >= 0.6 is 0 Å². The van der Waals surface area contributed by atoms with E-state index in [0.29, 0.717) is 23.5 Å². The summed E-state index contributed by atoms with van der Waals surface area (Å²) >= 11 is 0. The van der Waals surface area contributed by atoms with E-state index < -0.39 is 10.0 Å². The zero-order chi connectivity index (χ0) is 15.5. The van der Waals surface area contributed by atoms with Gasteiger partial charge in [-0.15, -0.1) is 0 Å². The second kappa shape index (κ2) is 6.10. The molecule has 0 saturated heterocycles. The Morgan fingerprint density at radius 2 is 2.14 bits per heavy atom. The minimum Gasteiger partial charge on any atom is -0.399 e. The summed E-state index contributed by atoms with van der Waals surface area (Å²) in [7, 11) is -3.79. The quantitative estimate of drug-likeness (QED) is 0.449. The van der Waals surface area contributed by atoms with Crippen LogP contribution in [0.15, 0.2) is 23.4 Å². The number of aromatic amines is 1. The molecule has 9 heteroatoms. The topological polar surface area (TPSA) is 140 Å². The maximum absolute atomic E-state index is 11.5. The minimum atomic E-state index is -3.79. The lowest BCUT2D eigenvalue weighted by Crippen LogP contribution is -2.15. The zero-order valence-electron chi connectivity index (χ0n) is 11.6. The third-order valence-electron chi connectivity index (χ3n) is 3.06. The van der Waals surface area contributed by atoms with Crippen molar-refractivity contribution in [2.45, 2.75) is 24.7 Å². The van der Waals surface area contributed by atoms with Gasteiger partial charge >= 0.3 is 0 Å². The molecule has 0 spiro atoms. The van der Waals surface area contributed by atoms with Gasteiger partial charge in [-0.05, 0) is 31.0 Å². The summed E-state index contributed by atoms with van der Waals surface area (Å²) < 4.78 is 23.0. The molecule has 0 fully saturated rings. The minimum absolute atomic E-state index is 0.0419. The maximum atomic E-state index is 11.5. The lowest BCUT2D eigenvalue weighted by Gasteiger charge is -2.13. The van der Waals surface area contributed by atoms with Gasteiger partial charge in [0.1, 0.15) is 12.2 Å². The lowest BCUT2D eigenvalue weighted by molar-refractivity contribution is 0.597. The molecular formula is C12H18N6O2S. The van der Waals surface area contributed by atoms with Gasteiger partial charge in [0.05, 0.1) is 4.90 Å². The molecule has 0 amide bonds. The van der Waals surface area contributed by atoms with Crippen LogP contribution in [0.4, 0.5) is 11.4 Å². The van der Waals surface area contributed by atoms with Crippen molar-refractivity contribution in [1.29, 1.82) is 0 Å². The van der Waals surface area contributed by atoms with Crippen LogP contribution in [0.2, 0.25) is 0 Å². The molecule has 0 radical (unpaired) electrons. The molecule has 1 aromatic carbocycles. The molecule has 0 aliphatic heterocycles. The Hall–Kier alpha value is -2.13. The first kappa shape index (κ1) is 15.3. The molecule has 8 nitrogen and oxygen atoms in total. The Kier molecular flexibility index (Phi) is 4.43. The number of sulfonamides is 1. The van der Waals surface area contributed by atoms with Gasteiger partial charge in [0.2, 0.25) is 10.0 Å². The third kappa shape index (κ3) is 3.92. The summed E-state index contributed by atoms with van der Waals surface area (Å²) in [5, 5.41) is 14.9. The fourth-order valence-electron chi connectivity index (χ4n) is 2.02. The normalized spacial score (nSPS) is 11.5. The van der Waals surface area contributed by atoms with Crippen LogP contribution in [0.1, 0.15) is 17.8 Å². The number of anilines is 2. The van der Waals surface area contributed by atoms with Crippen LogP contribution in [0.25, 0.3) is 0 Å². The summed E-state index contributed by atoms with van der Waals surface area (Å²) in [6, 6.07) is 3.06. The number of nitrogen functional groups attached to an aromatic ring is 1. The summed E-state index contributed by atoms with van der Waals surface area (Å²) in [6.45, 7) is 2.34. The van der Waals surface area contributed by atoms with E-state index in [4.69, 9.17) is 10.9 Å². The number of nitrogens with two attached hydrogens (primary N) is 2. The molecule has 21 heavy (non-hydrogen) atoms. The average Bonchev–Trinajstić information content (AvgIpc) is 2.90. The molecule has 0 bridgehead atoms. The Bertz CT molecular complexity index is 712. The molecule has 2 rings (SSSR count). The molecule has 6 N–H and O–H groups in total. The Balaban J connectivity index is 2.04. The lowest BCUT2D eigenvalue weighted by atomic mass is 10.1. The van der Waals surface area contributed by atoms with E-state index in [9.17, 15) is 8.42 Å². The number of hydrogen-bond acceptors (Lipinski definition) is 6. The Labute approximate surface area is 123 Å². The SMILES string of the molecule is Cc1c(NCCCc2ncn[nH]2)cc(N)cc1S(N)(=O)=O. The average molecular weight is 310 g/mol. The molecule has 0 atom stereocenters. The maximum Gasteiger partial charge on any atom is 0.238 e. The predicted molar refractivity (Wildman–Crippen MR) is 80.2 cm³/mol. The molecule has 0 saturated carbocycles. The first-order chi connectivity index (χ1) is 9.88. The van der Waals surface area contributed by atoms with Crippen molar-refractivity contribution in [1.82, 2.24) is 15.2 Å². The fourth-order valence-corrected chi connectivity index (χ4v) is 2.86. The van der Waals surface area contributed by atoms with E-state index in [1.54, 1.807) is 13.0 Å². The van der Waals surface area contributed by atoms with Gasteiger partial charge in [0.15, 0.2) is 0 Å². The molecule has 114 valence electrons. The van der Waals surface area contributed by atoms with E-state index in [1.165, 1.54) is 12.4 Å². The zero-order valence-corrected chi connectivity index (χ0v) is 12.4. The molecule has 0 unspecified atom stereocenters. The van der Waals surface area contributed by atoms with Gasteiger partial charge in [0.25, 0.3) is 0 Å². The highest BCUT2D eigenvalue weighted by Crippen LogP contribution is 2.26. The van der Waals surface area contributed by atoms with Gasteiger partial charge in [0, 0.05) is 24.3 Å². The van der Waals surface area contributed by atoms with Gasteiger partial charge in [-0.1, -0.05) is 0 Å². The van der Waals surface area contributed by atoms with E-state index >= 15 is 0 Å². The molecule has 0 aliphatic carbocycles. The van der Waals surface area contributed by atoms with Crippen molar-refractivity contribution >= 4 is 21.4 Å². The van der Waals surface area contributed by atoms with E-state index in [0.717, 1.165) is 18.7 Å². The number of nitrogens with zero attached hydrogens (tertiary/aromatic N) is 2. The molecule has 2 aromatic rings. The standard InChI is InChI=1S/C12H18N6O2S/c1-8-10(5-9(13)6-11(8)21(14,19)20)15-4-2-3-12-16-7-17-18-12/h5-7,15H,2-4,13H2,1H3,(H2,14,19,20)(H,16,17,18). The number of primary sulfonamides is 1. The molecule has 1 aromatic heterocycles. The smallest absolute Gasteiger partial charge is 0.238 e. The summed E-state index contributed by atoms with van der Waals surface area (Å²) in [4.78, 5) is 4.07. The molecule has 0 aliphatic rings. The highest BCUT2D eigenvalue weighted by molar-refractivity contribution is 7.89. The van der Waals surface area contributed by atoms with Gasteiger partial charge in [-0.2, -0.15) is 5.10 Å². The van der Waals surface area contributed by atoms with Crippen molar-refractivity contribution in [2.24, 2.45) is 5.14 Å². The molecule has 1 heterocycles. The number of nitrogens with one attached hydrogen (secondary N) is 2. The van der Waals surface area contributed by atoms with Crippen molar-refractivity contribution in [2.75, 3.05) is 17.6 Å². The number of aromatic nitrogens is 3. The summed E-state index contributed by atoms with van der Waals surface area (Å²) in [6.07, 6.45) is 3.02. The van der Waals surface area contributed by atoms with Crippen LogP contribution in [0, 0.1) is 6.92 Å². The predicted octanol–water partition coefficient (Wildman–Crippen LogP) is 0.387. The largest absolute Gasteiger partial charge is 0.399 e. The number of H-pyrrole nitrogens is 1. The molecular weight excluding hydrogens is 292 g/mol. The van der Waals surface area contributed by atoms with Gasteiger partial charge < -0.3 is 11.1 Å². The van der Waals surface area contributed by atoms with Crippen molar-refractivity contribution in [3.8, 4) is 0 Å².